The lowest BCUT2D eigenvalue weighted by molar-refractivity contribution is -0.144. The van der Waals surface area contributed by atoms with E-state index in [9.17, 15) is 9.59 Å². The lowest BCUT2D eigenvalue weighted by atomic mass is 10.3. The van der Waals surface area contributed by atoms with E-state index in [1.54, 1.807) is 6.07 Å². The third-order valence-corrected chi connectivity index (χ3v) is 4.19. The molecule has 124 valence electrons. The molecule has 2 aromatic heterocycles. The molecule has 0 aliphatic heterocycles. The molecule has 0 saturated carbocycles. The number of esters is 1. The number of nitrogens with zero attached hydrogens (tertiary/aromatic N) is 2. The van der Waals surface area contributed by atoms with Crippen molar-refractivity contribution < 1.29 is 14.3 Å². The van der Waals surface area contributed by atoms with Crippen LogP contribution in [0.2, 0.25) is 0 Å². The van der Waals surface area contributed by atoms with Crippen LogP contribution in [0.4, 0.5) is 0 Å². The largest absolute Gasteiger partial charge is 0.490 e. The van der Waals surface area contributed by atoms with Gasteiger partial charge in [0, 0.05) is 6.54 Å². The number of thiophene rings is 1. The van der Waals surface area contributed by atoms with E-state index in [0.29, 0.717) is 10.2 Å². The van der Waals surface area contributed by atoms with Crippen LogP contribution in [0.5, 0.6) is 5.75 Å². The maximum Gasteiger partial charge on any atom is 0.307 e. The van der Waals surface area contributed by atoms with Crippen LogP contribution < -0.4 is 10.3 Å². The third-order valence-electron chi connectivity index (χ3n) is 3.37. The maximum absolute atomic E-state index is 12.2. The monoisotopic (exact) mass is 344 g/mol. The minimum absolute atomic E-state index is 0.114. The van der Waals surface area contributed by atoms with Gasteiger partial charge in [0.2, 0.25) is 0 Å². The van der Waals surface area contributed by atoms with E-state index in [1.807, 2.05) is 35.7 Å². The number of fused-ring (bicyclic) bond motifs is 1. The van der Waals surface area contributed by atoms with Crippen molar-refractivity contribution in [2.75, 3.05) is 13.2 Å². The molecule has 0 amide bonds. The Hall–Kier alpha value is -2.67. The summed E-state index contributed by atoms with van der Waals surface area (Å²) in [6.45, 7) is 0.707. The number of aromatic nitrogens is 2. The first-order valence-corrected chi connectivity index (χ1v) is 8.38. The molecule has 7 heteroatoms. The Morgan fingerprint density at radius 2 is 2.00 bits per heavy atom. The summed E-state index contributed by atoms with van der Waals surface area (Å²) in [5, 5.41) is 2.40. The first kappa shape index (κ1) is 16.2. The number of rotatable bonds is 7. The summed E-state index contributed by atoms with van der Waals surface area (Å²) in [6.07, 6.45) is 1.58. The fourth-order valence-electron chi connectivity index (χ4n) is 2.17. The fourth-order valence-corrected chi connectivity index (χ4v) is 2.89. The number of hydrogen-bond donors (Lipinski definition) is 0. The molecule has 0 aliphatic carbocycles. The van der Waals surface area contributed by atoms with E-state index >= 15 is 0 Å². The van der Waals surface area contributed by atoms with E-state index in [0.717, 1.165) is 5.75 Å². The molecular formula is C17H16N2O4S. The number of carbonyl (C=O) groups excluding carboxylic acids is 1. The molecule has 0 saturated heterocycles. The molecule has 0 aliphatic rings. The highest BCUT2D eigenvalue weighted by Crippen LogP contribution is 2.13. The van der Waals surface area contributed by atoms with Crippen LogP contribution in [-0.2, 0) is 16.1 Å². The molecule has 0 atom stereocenters. The van der Waals surface area contributed by atoms with Gasteiger partial charge in [-0.3, -0.25) is 14.2 Å². The van der Waals surface area contributed by atoms with Crippen molar-refractivity contribution >= 4 is 27.5 Å². The zero-order valence-corrected chi connectivity index (χ0v) is 13.7. The van der Waals surface area contributed by atoms with Gasteiger partial charge in [0.1, 0.15) is 23.8 Å². The molecule has 3 aromatic rings. The summed E-state index contributed by atoms with van der Waals surface area (Å²) in [6, 6.07) is 11.1. The van der Waals surface area contributed by atoms with Crippen molar-refractivity contribution in [2.24, 2.45) is 0 Å². The van der Waals surface area contributed by atoms with E-state index in [1.165, 1.54) is 22.2 Å². The Kier molecular flexibility index (Phi) is 5.22. The number of aryl methyl sites for hydroxylation is 1. The molecule has 0 fully saturated rings. The average Bonchev–Trinajstić information content (AvgIpc) is 3.09. The van der Waals surface area contributed by atoms with Gasteiger partial charge in [-0.1, -0.05) is 18.2 Å². The lowest BCUT2D eigenvalue weighted by Gasteiger charge is -2.08. The van der Waals surface area contributed by atoms with Gasteiger partial charge in [-0.15, -0.1) is 11.3 Å². The minimum Gasteiger partial charge on any atom is -0.490 e. The summed E-state index contributed by atoms with van der Waals surface area (Å²) in [5.41, 5.74) is -0.138. The first-order chi connectivity index (χ1) is 11.7. The maximum atomic E-state index is 12.2. The Labute approximate surface area is 142 Å². The Bertz CT molecular complexity index is 873. The van der Waals surface area contributed by atoms with Crippen molar-refractivity contribution in [3.05, 3.63) is 58.5 Å². The van der Waals surface area contributed by atoms with Crippen molar-refractivity contribution in [3.63, 3.8) is 0 Å². The molecule has 6 nitrogen and oxygen atoms in total. The number of hydrogen-bond acceptors (Lipinski definition) is 6. The van der Waals surface area contributed by atoms with Crippen molar-refractivity contribution in [1.29, 1.82) is 0 Å². The number of para-hydroxylation sites is 1. The van der Waals surface area contributed by atoms with Crippen LogP contribution in [-0.4, -0.2) is 28.7 Å². The molecule has 24 heavy (non-hydrogen) atoms. The molecule has 0 radical (unpaired) electrons. The number of benzene rings is 1. The van der Waals surface area contributed by atoms with E-state index in [2.05, 4.69) is 4.98 Å². The second kappa shape index (κ2) is 7.74. The Morgan fingerprint density at radius 3 is 2.83 bits per heavy atom. The van der Waals surface area contributed by atoms with E-state index in [-0.39, 0.29) is 37.7 Å². The van der Waals surface area contributed by atoms with Crippen LogP contribution in [0.15, 0.2) is 52.9 Å². The van der Waals surface area contributed by atoms with Gasteiger partial charge in [-0.05, 0) is 23.6 Å². The highest BCUT2D eigenvalue weighted by molar-refractivity contribution is 7.16. The minimum atomic E-state index is -0.371. The van der Waals surface area contributed by atoms with Gasteiger partial charge in [0.15, 0.2) is 0 Å². The SMILES string of the molecule is O=C(CCn1cnc2sccc2c1=O)OCCOc1ccccc1. The van der Waals surface area contributed by atoms with Crippen LogP contribution >= 0.6 is 11.3 Å². The highest BCUT2D eigenvalue weighted by Gasteiger charge is 2.08. The van der Waals surface area contributed by atoms with Gasteiger partial charge >= 0.3 is 5.97 Å². The number of ether oxygens (including phenoxy) is 2. The second-order valence-electron chi connectivity index (χ2n) is 5.01. The smallest absolute Gasteiger partial charge is 0.307 e. The molecule has 0 unspecified atom stereocenters. The predicted octanol–water partition coefficient (Wildman–Crippen LogP) is 2.47. The second-order valence-corrected chi connectivity index (χ2v) is 5.91. The predicted molar refractivity (Wildman–Crippen MR) is 91.4 cm³/mol. The molecule has 3 rings (SSSR count). The lowest BCUT2D eigenvalue weighted by Crippen LogP contribution is -2.22. The number of carbonyl (C=O) groups is 1. The first-order valence-electron chi connectivity index (χ1n) is 7.50. The molecule has 0 N–H and O–H groups in total. The van der Waals surface area contributed by atoms with Gasteiger partial charge in [0.05, 0.1) is 18.1 Å². The quantitative estimate of drug-likeness (QED) is 0.486. The van der Waals surface area contributed by atoms with Gasteiger partial charge < -0.3 is 9.47 Å². The van der Waals surface area contributed by atoms with Gasteiger partial charge in [0.25, 0.3) is 5.56 Å². The molecule has 0 spiro atoms. The van der Waals surface area contributed by atoms with Crippen LogP contribution in [0.3, 0.4) is 0 Å². The van der Waals surface area contributed by atoms with Crippen LogP contribution in [0.25, 0.3) is 10.2 Å². The molecule has 0 bridgehead atoms. The third kappa shape index (κ3) is 3.99. The summed E-state index contributed by atoms with van der Waals surface area (Å²) in [5.74, 6) is 0.360. The average molecular weight is 344 g/mol. The topological polar surface area (TPSA) is 70.4 Å². The summed E-state index contributed by atoms with van der Waals surface area (Å²) >= 11 is 1.42. The molecule has 2 heterocycles. The van der Waals surface area contributed by atoms with E-state index < -0.39 is 0 Å². The highest BCUT2D eigenvalue weighted by atomic mass is 32.1. The molecular weight excluding hydrogens is 328 g/mol. The fraction of sp³-hybridized carbons (Fsp3) is 0.235. The van der Waals surface area contributed by atoms with Gasteiger partial charge in [-0.2, -0.15) is 0 Å². The van der Waals surface area contributed by atoms with E-state index in [4.69, 9.17) is 9.47 Å². The van der Waals surface area contributed by atoms with Crippen molar-refractivity contribution in [1.82, 2.24) is 9.55 Å². The summed E-state index contributed by atoms with van der Waals surface area (Å²) < 4.78 is 12.0. The Morgan fingerprint density at radius 1 is 1.17 bits per heavy atom. The van der Waals surface area contributed by atoms with Gasteiger partial charge in [-0.25, -0.2) is 4.98 Å². The normalized spacial score (nSPS) is 10.7. The van der Waals surface area contributed by atoms with Crippen LogP contribution in [0.1, 0.15) is 6.42 Å². The summed E-state index contributed by atoms with van der Waals surface area (Å²) in [4.78, 5) is 28.8. The summed E-state index contributed by atoms with van der Waals surface area (Å²) in [7, 11) is 0. The molecule has 1 aromatic carbocycles. The van der Waals surface area contributed by atoms with Crippen molar-refractivity contribution in [3.8, 4) is 5.75 Å². The van der Waals surface area contributed by atoms with Crippen LogP contribution in [0, 0.1) is 0 Å². The zero-order chi connectivity index (χ0) is 16.8. The zero-order valence-electron chi connectivity index (χ0n) is 12.9. The van der Waals surface area contributed by atoms with Crippen molar-refractivity contribution in [2.45, 2.75) is 13.0 Å². The standard InChI is InChI=1S/C17H16N2O4S/c20-15(23-10-9-22-13-4-2-1-3-5-13)6-8-19-12-18-16-14(17(19)21)7-11-24-16/h1-5,7,11-12H,6,8-10H2. The Balaban J connectivity index is 1.43.